The van der Waals surface area contributed by atoms with Crippen LogP contribution in [0.2, 0.25) is 5.02 Å². The van der Waals surface area contributed by atoms with Crippen LogP contribution in [0, 0.1) is 0 Å². The fourth-order valence-electron chi connectivity index (χ4n) is 3.56. The Morgan fingerprint density at radius 3 is 2.29 bits per heavy atom. The van der Waals surface area contributed by atoms with Gasteiger partial charge >= 0.3 is 6.03 Å². The molecule has 1 saturated heterocycles. The second-order valence-electron chi connectivity index (χ2n) is 7.80. The molecule has 0 aliphatic carbocycles. The van der Waals surface area contributed by atoms with Crippen LogP contribution < -0.4 is 19.7 Å². The zero-order valence-electron chi connectivity index (χ0n) is 19.2. The van der Waals surface area contributed by atoms with Crippen molar-refractivity contribution >= 4 is 41.2 Å². The molecule has 3 aromatic rings. The van der Waals surface area contributed by atoms with Crippen LogP contribution in [-0.2, 0) is 22.6 Å². The third-order valence-electron chi connectivity index (χ3n) is 5.53. The maximum absolute atomic E-state index is 13.2. The Bertz CT molecular complexity index is 1300. The van der Waals surface area contributed by atoms with Crippen molar-refractivity contribution in [3.63, 3.8) is 0 Å². The van der Waals surface area contributed by atoms with E-state index in [4.69, 9.17) is 21.1 Å². The Hall–Kier alpha value is -4.10. The van der Waals surface area contributed by atoms with Crippen molar-refractivity contribution in [3.05, 3.63) is 94.0 Å². The van der Waals surface area contributed by atoms with Crippen LogP contribution in [0.3, 0.4) is 0 Å². The van der Waals surface area contributed by atoms with Crippen molar-refractivity contribution < 1.29 is 23.9 Å². The number of methoxy groups -OCH3 is 1. The van der Waals surface area contributed by atoms with Gasteiger partial charge < -0.3 is 9.47 Å². The Balaban J connectivity index is 1.66. The summed E-state index contributed by atoms with van der Waals surface area (Å²) in [5.74, 6) is -0.544. The summed E-state index contributed by atoms with van der Waals surface area (Å²) in [4.78, 5) is 39.3. The number of anilines is 1. The van der Waals surface area contributed by atoms with Gasteiger partial charge in [-0.15, -0.1) is 0 Å². The van der Waals surface area contributed by atoms with Gasteiger partial charge in [0.05, 0.1) is 12.8 Å². The lowest BCUT2D eigenvalue weighted by Gasteiger charge is -2.26. The number of urea groups is 1. The van der Waals surface area contributed by atoms with Crippen LogP contribution in [0.4, 0.5) is 10.5 Å². The lowest BCUT2D eigenvalue weighted by atomic mass is 10.1. The molecule has 0 unspecified atom stereocenters. The predicted octanol–water partition coefficient (Wildman–Crippen LogP) is 5.16. The molecule has 1 fully saturated rings. The number of ether oxygens (including phenoxy) is 2. The summed E-state index contributed by atoms with van der Waals surface area (Å²) in [6, 6.07) is 18.5. The largest absolute Gasteiger partial charge is 0.497 e. The number of hydrogen-bond acceptors (Lipinski definition) is 5. The molecule has 0 saturated carbocycles. The van der Waals surface area contributed by atoms with Gasteiger partial charge in [-0.1, -0.05) is 42.8 Å². The average molecular weight is 491 g/mol. The highest BCUT2D eigenvalue weighted by molar-refractivity contribution is 6.39. The lowest BCUT2D eigenvalue weighted by Crippen LogP contribution is -2.54. The Labute approximate surface area is 207 Å². The zero-order chi connectivity index (χ0) is 24.9. The summed E-state index contributed by atoms with van der Waals surface area (Å²) in [7, 11) is 1.53. The van der Waals surface area contributed by atoms with E-state index in [9.17, 15) is 14.4 Å². The van der Waals surface area contributed by atoms with E-state index < -0.39 is 17.8 Å². The predicted molar refractivity (Wildman–Crippen MR) is 134 cm³/mol. The van der Waals surface area contributed by atoms with Crippen LogP contribution in [-0.4, -0.2) is 25.0 Å². The van der Waals surface area contributed by atoms with E-state index in [1.165, 1.54) is 13.2 Å². The number of imide groups is 2. The van der Waals surface area contributed by atoms with Gasteiger partial charge in [-0.3, -0.25) is 14.9 Å². The third kappa shape index (κ3) is 5.36. The van der Waals surface area contributed by atoms with Gasteiger partial charge in [0.15, 0.2) is 0 Å². The number of rotatable bonds is 7. The monoisotopic (exact) mass is 490 g/mol. The third-order valence-corrected chi connectivity index (χ3v) is 5.78. The van der Waals surface area contributed by atoms with Gasteiger partial charge in [-0.2, -0.15) is 0 Å². The molecule has 0 aromatic heterocycles. The molecule has 7 nitrogen and oxygen atoms in total. The van der Waals surface area contributed by atoms with Gasteiger partial charge in [0.25, 0.3) is 11.8 Å². The van der Waals surface area contributed by atoms with Gasteiger partial charge in [0.2, 0.25) is 0 Å². The van der Waals surface area contributed by atoms with Crippen LogP contribution in [0.1, 0.15) is 23.6 Å². The smallest absolute Gasteiger partial charge is 0.335 e. The molecule has 1 N–H and O–H groups in total. The molecule has 0 radical (unpaired) electrons. The van der Waals surface area contributed by atoms with Crippen molar-refractivity contribution in [3.8, 4) is 11.5 Å². The van der Waals surface area contributed by atoms with E-state index in [-0.39, 0.29) is 12.2 Å². The van der Waals surface area contributed by atoms with Gasteiger partial charge in [0.1, 0.15) is 23.7 Å². The number of benzene rings is 3. The summed E-state index contributed by atoms with van der Waals surface area (Å²) in [5.41, 5.74) is 2.61. The molecule has 0 atom stereocenters. The van der Waals surface area contributed by atoms with Crippen molar-refractivity contribution in [1.82, 2.24) is 5.32 Å². The number of carbonyl (C=O) groups excluding carboxylic acids is 3. The molecule has 1 heterocycles. The fourth-order valence-corrected chi connectivity index (χ4v) is 3.68. The summed E-state index contributed by atoms with van der Waals surface area (Å²) < 4.78 is 11.3. The fraction of sp³-hybridized carbons (Fsp3) is 0.148. The SMILES string of the molecule is CCc1ccc(N2C(=O)NC(=O)/C(=C\c3ccc(OC)cc3OCc3ccc(Cl)cc3)C2=O)cc1. The molecule has 0 spiro atoms. The minimum Gasteiger partial charge on any atom is -0.497 e. The molecular formula is C27H23ClN2O5. The first-order valence-corrected chi connectivity index (χ1v) is 11.3. The maximum Gasteiger partial charge on any atom is 0.335 e. The zero-order valence-corrected chi connectivity index (χ0v) is 20.0. The molecule has 1 aliphatic heterocycles. The number of carbonyl (C=O) groups is 3. The quantitative estimate of drug-likeness (QED) is 0.365. The molecule has 35 heavy (non-hydrogen) atoms. The first-order valence-electron chi connectivity index (χ1n) is 10.9. The number of hydrogen-bond donors (Lipinski definition) is 1. The van der Waals surface area contributed by atoms with E-state index in [1.807, 2.05) is 31.2 Å². The van der Waals surface area contributed by atoms with E-state index in [0.717, 1.165) is 22.4 Å². The minimum absolute atomic E-state index is 0.189. The topological polar surface area (TPSA) is 84.9 Å². The summed E-state index contributed by atoms with van der Waals surface area (Å²) in [6.07, 6.45) is 2.23. The van der Waals surface area contributed by atoms with Crippen molar-refractivity contribution in [2.45, 2.75) is 20.0 Å². The first kappa shape index (κ1) is 24.0. The summed E-state index contributed by atoms with van der Waals surface area (Å²) >= 11 is 5.95. The molecule has 4 amide bonds. The van der Waals surface area contributed by atoms with Crippen LogP contribution >= 0.6 is 11.6 Å². The standard InChI is InChI=1S/C27H23ClN2O5/c1-3-17-6-11-21(12-7-17)30-26(32)23(25(31)29-27(30)33)14-19-8-13-22(34-2)15-24(19)35-16-18-4-9-20(28)10-5-18/h4-15H,3,16H2,1-2H3,(H,29,31,33)/b23-14+. The second kappa shape index (κ2) is 10.4. The van der Waals surface area contributed by atoms with Gasteiger partial charge in [-0.05, 0) is 60.0 Å². The Morgan fingerprint density at radius 2 is 1.63 bits per heavy atom. The maximum atomic E-state index is 13.2. The average Bonchev–Trinajstić information content (AvgIpc) is 2.87. The van der Waals surface area contributed by atoms with Crippen LogP contribution in [0.25, 0.3) is 6.08 Å². The molecular weight excluding hydrogens is 468 g/mol. The molecule has 178 valence electrons. The lowest BCUT2D eigenvalue weighted by molar-refractivity contribution is -0.122. The number of halogens is 1. The van der Waals surface area contributed by atoms with E-state index in [1.54, 1.807) is 42.5 Å². The van der Waals surface area contributed by atoms with Crippen molar-refractivity contribution in [1.29, 1.82) is 0 Å². The number of nitrogens with one attached hydrogen (secondary N) is 1. The van der Waals surface area contributed by atoms with E-state index in [2.05, 4.69) is 5.32 Å². The van der Waals surface area contributed by atoms with Crippen LogP contribution in [0.15, 0.2) is 72.3 Å². The van der Waals surface area contributed by atoms with Crippen LogP contribution in [0.5, 0.6) is 11.5 Å². The highest BCUT2D eigenvalue weighted by Gasteiger charge is 2.37. The molecule has 1 aliphatic rings. The molecule has 8 heteroatoms. The highest BCUT2D eigenvalue weighted by atomic mass is 35.5. The number of nitrogens with zero attached hydrogens (tertiary/aromatic N) is 1. The second-order valence-corrected chi connectivity index (χ2v) is 8.23. The first-order chi connectivity index (χ1) is 16.9. The Kier molecular flexibility index (Phi) is 7.17. The molecule has 0 bridgehead atoms. The summed E-state index contributed by atoms with van der Waals surface area (Å²) in [5, 5.41) is 2.86. The van der Waals surface area contributed by atoms with Crippen molar-refractivity contribution in [2.75, 3.05) is 12.0 Å². The van der Waals surface area contributed by atoms with E-state index in [0.29, 0.717) is 27.8 Å². The molecule has 3 aromatic carbocycles. The van der Waals surface area contributed by atoms with Gasteiger partial charge in [-0.25, -0.2) is 9.69 Å². The summed E-state index contributed by atoms with van der Waals surface area (Å²) in [6.45, 7) is 2.24. The highest BCUT2D eigenvalue weighted by Crippen LogP contribution is 2.30. The van der Waals surface area contributed by atoms with Gasteiger partial charge in [0, 0.05) is 16.7 Å². The number of barbiturate groups is 1. The van der Waals surface area contributed by atoms with E-state index >= 15 is 0 Å². The van der Waals surface area contributed by atoms with Crippen molar-refractivity contribution in [2.24, 2.45) is 0 Å². The number of aryl methyl sites for hydroxylation is 1. The normalized spacial score (nSPS) is 14.8. The number of amides is 4. The minimum atomic E-state index is -0.796. The molecule has 4 rings (SSSR count). The Morgan fingerprint density at radius 1 is 0.943 bits per heavy atom.